The molecular weight excluding hydrogens is 428 g/mol. The Morgan fingerprint density at radius 1 is 0.969 bits per heavy atom. The zero-order valence-corrected chi connectivity index (χ0v) is 19.2. The lowest BCUT2D eigenvalue weighted by molar-refractivity contribution is -0.134. The van der Waals surface area contributed by atoms with Crippen molar-refractivity contribution in [2.45, 2.75) is 30.9 Å². The number of hydrogen-bond acceptors (Lipinski definition) is 5. The third-order valence-electron chi connectivity index (χ3n) is 6.05. The van der Waals surface area contributed by atoms with Crippen LogP contribution in [0.25, 0.3) is 0 Å². The molecule has 1 heterocycles. The van der Waals surface area contributed by atoms with Gasteiger partial charge in [-0.3, -0.25) is 14.4 Å². The first-order valence-corrected chi connectivity index (χ1v) is 12.6. The first-order valence-electron chi connectivity index (χ1n) is 10.5. The highest BCUT2D eigenvalue weighted by atomic mass is 32.2. The number of Topliss-reactive ketones (excluding diaryl/α,β-unsaturated/α-hetero) is 1. The average molecular weight is 457 g/mol. The van der Waals surface area contributed by atoms with E-state index in [1.54, 1.807) is 36.1 Å². The van der Waals surface area contributed by atoms with E-state index in [1.165, 1.54) is 0 Å². The standard InChI is InChI=1S/C24H28N2O5S/c1-18(27)24(20-9-4-3-5-10-20)12-14-26(15-13-24)22(28)16-25-23(29)21-11-7-6-8-19(21)17-32(2,30)31/h3-11H,12-17H2,1-2H3,(H,25,29). The van der Waals surface area contributed by atoms with Gasteiger partial charge in [0, 0.05) is 24.9 Å². The van der Waals surface area contributed by atoms with Gasteiger partial charge in [0.15, 0.2) is 9.84 Å². The van der Waals surface area contributed by atoms with E-state index in [9.17, 15) is 22.8 Å². The molecule has 2 aromatic carbocycles. The van der Waals surface area contributed by atoms with Crippen LogP contribution in [-0.4, -0.2) is 56.8 Å². The second-order valence-corrected chi connectivity index (χ2v) is 10.4. The van der Waals surface area contributed by atoms with Crippen LogP contribution < -0.4 is 5.32 Å². The molecule has 3 rings (SSSR count). The highest BCUT2D eigenvalue weighted by Crippen LogP contribution is 2.36. The molecule has 1 saturated heterocycles. The molecule has 0 aromatic heterocycles. The van der Waals surface area contributed by atoms with E-state index >= 15 is 0 Å². The van der Waals surface area contributed by atoms with Crippen LogP contribution in [0.1, 0.15) is 41.3 Å². The predicted octanol–water partition coefficient (Wildman–Crippen LogP) is 2.11. The Bertz CT molecular complexity index is 1100. The lowest BCUT2D eigenvalue weighted by atomic mass is 9.70. The second-order valence-electron chi connectivity index (χ2n) is 8.30. The van der Waals surface area contributed by atoms with Crippen molar-refractivity contribution in [1.82, 2.24) is 10.2 Å². The number of ketones is 1. The summed E-state index contributed by atoms with van der Waals surface area (Å²) in [5, 5.41) is 2.61. The maximum absolute atomic E-state index is 12.7. The molecule has 0 spiro atoms. The van der Waals surface area contributed by atoms with Gasteiger partial charge < -0.3 is 10.2 Å². The first kappa shape index (κ1) is 23.7. The Morgan fingerprint density at radius 3 is 2.16 bits per heavy atom. The number of benzene rings is 2. The van der Waals surface area contributed by atoms with Crippen molar-refractivity contribution in [3.05, 3.63) is 71.3 Å². The molecule has 0 saturated carbocycles. The van der Waals surface area contributed by atoms with E-state index in [1.807, 2.05) is 30.3 Å². The maximum atomic E-state index is 12.7. The first-order chi connectivity index (χ1) is 15.1. The number of amides is 2. The zero-order chi connectivity index (χ0) is 23.4. The molecule has 0 aliphatic carbocycles. The van der Waals surface area contributed by atoms with Crippen molar-refractivity contribution in [1.29, 1.82) is 0 Å². The van der Waals surface area contributed by atoms with Gasteiger partial charge in [-0.05, 0) is 37.0 Å². The van der Waals surface area contributed by atoms with Gasteiger partial charge in [-0.2, -0.15) is 0 Å². The van der Waals surface area contributed by atoms with E-state index < -0.39 is 21.2 Å². The highest BCUT2D eigenvalue weighted by molar-refractivity contribution is 7.89. The van der Waals surface area contributed by atoms with E-state index in [2.05, 4.69) is 5.32 Å². The molecule has 1 fully saturated rings. The molecule has 7 nitrogen and oxygen atoms in total. The van der Waals surface area contributed by atoms with Gasteiger partial charge in [0.2, 0.25) is 5.91 Å². The Balaban J connectivity index is 1.62. The summed E-state index contributed by atoms with van der Waals surface area (Å²) in [5.74, 6) is -0.878. The van der Waals surface area contributed by atoms with Gasteiger partial charge in [-0.15, -0.1) is 0 Å². The number of nitrogens with zero attached hydrogens (tertiary/aromatic N) is 1. The molecule has 8 heteroatoms. The van der Waals surface area contributed by atoms with Crippen LogP contribution in [0.3, 0.4) is 0 Å². The molecule has 1 aliphatic rings. The average Bonchev–Trinajstić information content (AvgIpc) is 2.77. The molecule has 2 amide bonds. The Hall–Kier alpha value is -3.00. The van der Waals surface area contributed by atoms with Crippen LogP contribution in [0.15, 0.2) is 54.6 Å². The minimum Gasteiger partial charge on any atom is -0.343 e. The lowest BCUT2D eigenvalue weighted by Gasteiger charge is -2.40. The minimum atomic E-state index is -3.31. The predicted molar refractivity (Wildman–Crippen MR) is 122 cm³/mol. The summed E-state index contributed by atoms with van der Waals surface area (Å²) in [6.07, 6.45) is 2.17. The van der Waals surface area contributed by atoms with Crippen molar-refractivity contribution >= 4 is 27.4 Å². The SMILES string of the molecule is CC(=O)C1(c2ccccc2)CCN(C(=O)CNC(=O)c2ccccc2CS(C)(=O)=O)CC1. The molecule has 170 valence electrons. The van der Waals surface area contributed by atoms with E-state index in [0.717, 1.165) is 11.8 Å². The molecule has 0 unspecified atom stereocenters. The number of piperidine rings is 1. The van der Waals surface area contributed by atoms with Gasteiger partial charge in [-0.1, -0.05) is 48.5 Å². The lowest BCUT2D eigenvalue weighted by Crippen LogP contribution is -2.50. The number of rotatable bonds is 7. The smallest absolute Gasteiger partial charge is 0.252 e. The molecular formula is C24H28N2O5S. The molecule has 2 aromatic rings. The van der Waals surface area contributed by atoms with Crippen LogP contribution in [0.4, 0.5) is 0 Å². The fourth-order valence-electron chi connectivity index (χ4n) is 4.25. The van der Waals surface area contributed by atoms with Gasteiger partial charge in [-0.25, -0.2) is 8.42 Å². The van der Waals surface area contributed by atoms with Crippen molar-refractivity contribution in [2.75, 3.05) is 25.9 Å². The maximum Gasteiger partial charge on any atom is 0.252 e. The van der Waals surface area contributed by atoms with Crippen molar-refractivity contribution in [3.8, 4) is 0 Å². The largest absolute Gasteiger partial charge is 0.343 e. The number of nitrogens with one attached hydrogen (secondary N) is 1. The summed E-state index contributed by atoms with van der Waals surface area (Å²) < 4.78 is 23.3. The summed E-state index contributed by atoms with van der Waals surface area (Å²) >= 11 is 0. The summed E-state index contributed by atoms with van der Waals surface area (Å²) in [4.78, 5) is 39.4. The van der Waals surface area contributed by atoms with Gasteiger partial charge in [0.25, 0.3) is 5.91 Å². The molecule has 0 atom stereocenters. The fourth-order valence-corrected chi connectivity index (χ4v) is 5.07. The highest BCUT2D eigenvalue weighted by Gasteiger charge is 2.41. The van der Waals surface area contributed by atoms with Crippen LogP contribution in [0.2, 0.25) is 0 Å². The summed E-state index contributed by atoms with van der Waals surface area (Å²) in [5.41, 5.74) is 1.01. The molecule has 0 radical (unpaired) electrons. The summed E-state index contributed by atoms with van der Waals surface area (Å²) in [6.45, 7) is 2.25. The fraction of sp³-hybridized carbons (Fsp3) is 0.375. The van der Waals surface area contributed by atoms with Crippen LogP contribution in [0.5, 0.6) is 0 Å². The van der Waals surface area contributed by atoms with Crippen molar-refractivity contribution in [2.24, 2.45) is 0 Å². The minimum absolute atomic E-state index is 0.0894. The van der Waals surface area contributed by atoms with Crippen molar-refractivity contribution in [3.63, 3.8) is 0 Å². The number of likely N-dealkylation sites (tertiary alicyclic amines) is 1. The Labute approximate surface area is 188 Å². The molecule has 1 aliphatic heterocycles. The summed E-state index contributed by atoms with van der Waals surface area (Å²) in [6, 6.07) is 16.1. The van der Waals surface area contributed by atoms with Crippen molar-refractivity contribution < 1.29 is 22.8 Å². The summed E-state index contributed by atoms with van der Waals surface area (Å²) in [7, 11) is -3.31. The number of carbonyl (C=O) groups is 3. The molecule has 0 bridgehead atoms. The quantitative estimate of drug-likeness (QED) is 0.688. The number of hydrogen-bond donors (Lipinski definition) is 1. The van der Waals surface area contributed by atoms with Crippen LogP contribution >= 0.6 is 0 Å². The third-order valence-corrected chi connectivity index (χ3v) is 6.89. The van der Waals surface area contributed by atoms with Crippen LogP contribution in [0, 0.1) is 0 Å². The van der Waals surface area contributed by atoms with E-state index in [-0.39, 0.29) is 29.6 Å². The van der Waals surface area contributed by atoms with Gasteiger partial charge >= 0.3 is 0 Å². The third kappa shape index (κ3) is 5.43. The van der Waals surface area contributed by atoms with E-state index in [4.69, 9.17) is 0 Å². The van der Waals surface area contributed by atoms with E-state index in [0.29, 0.717) is 31.5 Å². The Kier molecular flexibility index (Phi) is 7.13. The van der Waals surface area contributed by atoms with Crippen LogP contribution in [-0.2, 0) is 30.6 Å². The monoisotopic (exact) mass is 456 g/mol. The topological polar surface area (TPSA) is 101 Å². The molecule has 32 heavy (non-hydrogen) atoms. The van der Waals surface area contributed by atoms with Gasteiger partial charge in [0.05, 0.1) is 17.7 Å². The van der Waals surface area contributed by atoms with Gasteiger partial charge in [0.1, 0.15) is 5.78 Å². The number of carbonyl (C=O) groups excluding carboxylic acids is 3. The zero-order valence-electron chi connectivity index (χ0n) is 18.3. The normalized spacial score (nSPS) is 15.8. The second kappa shape index (κ2) is 9.65. The molecule has 1 N–H and O–H groups in total. The number of sulfone groups is 1. The Morgan fingerprint density at radius 2 is 1.56 bits per heavy atom.